The second kappa shape index (κ2) is 3.81. The minimum atomic E-state index is 0.599. The predicted molar refractivity (Wildman–Crippen MR) is 64.8 cm³/mol. The third kappa shape index (κ3) is 1.58. The van der Waals surface area contributed by atoms with Gasteiger partial charge in [0, 0.05) is 11.0 Å². The summed E-state index contributed by atoms with van der Waals surface area (Å²) in [5.74, 6) is 0. The third-order valence-electron chi connectivity index (χ3n) is 2.64. The van der Waals surface area contributed by atoms with Crippen LogP contribution in [0.15, 0.2) is 54.8 Å². The van der Waals surface area contributed by atoms with E-state index in [9.17, 15) is 0 Å². The van der Waals surface area contributed by atoms with E-state index < -0.39 is 0 Å². The van der Waals surface area contributed by atoms with E-state index in [1.807, 2.05) is 36.4 Å². The second-order valence-electron chi connectivity index (χ2n) is 3.72. The number of nitrogens with zero attached hydrogens (tertiary/aromatic N) is 1. The molecule has 0 saturated heterocycles. The highest BCUT2D eigenvalue weighted by atomic mass is 16.5. The van der Waals surface area contributed by atoms with E-state index >= 15 is 0 Å². The number of ether oxygens (including phenoxy) is 1. The van der Waals surface area contributed by atoms with Crippen LogP contribution in [0.3, 0.4) is 0 Å². The smallest absolute Gasteiger partial charge is 0.114 e. The molecule has 0 amide bonds. The lowest BCUT2D eigenvalue weighted by Gasteiger charge is -2.10. The molecule has 78 valence electrons. The Morgan fingerprint density at radius 2 is 2.00 bits per heavy atom. The second-order valence-corrected chi connectivity index (χ2v) is 3.72. The van der Waals surface area contributed by atoms with E-state index in [-0.39, 0.29) is 0 Å². The molecular weight excluding hydrogens is 198 g/mol. The Balaban J connectivity index is 2.11. The van der Waals surface area contributed by atoms with Crippen molar-refractivity contribution in [2.75, 3.05) is 6.61 Å². The molecule has 0 spiro atoms. The van der Waals surface area contributed by atoms with Crippen LogP contribution in [0.1, 0.15) is 5.69 Å². The highest BCUT2D eigenvalue weighted by molar-refractivity contribution is 5.81. The first-order valence-corrected chi connectivity index (χ1v) is 5.27. The number of aromatic nitrogens is 1. The number of para-hydroxylation sites is 1. The van der Waals surface area contributed by atoms with Crippen LogP contribution in [0.25, 0.3) is 16.5 Å². The molecular formula is C14H11NO. The first-order chi connectivity index (χ1) is 7.93. The summed E-state index contributed by atoms with van der Waals surface area (Å²) in [5, 5.41) is 1.17. The van der Waals surface area contributed by atoms with Crippen molar-refractivity contribution in [3.63, 3.8) is 0 Å². The summed E-state index contributed by atoms with van der Waals surface area (Å²) in [7, 11) is 0. The third-order valence-corrected chi connectivity index (χ3v) is 2.64. The largest absolute Gasteiger partial charge is 0.496 e. The molecule has 1 aliphatic rings. The van der Waals surface area contributed by atoms with Crippen LogP contribution in [-0.4, -0.2) is 11.6 Å². The zero-order chi connectivity index (χ0) is 10.8. The predicted octanol–water partition coefficient (Wildman–Crippen LogP) is 3.16. The lowest BCUT2D eigenvalue weighted by molar-refractivity contribution is 0.292. The SMILES string of the molecule is C1=COCC(c2ccc3ccccc3n2)=C1. The maximum absolute atomic E-state index is 5.26. The Kier molecular flexibility index (Phi) is 2.18. The van der Waals surface area contributed by atoms with Crippen molar-refractivity contribution in [2.24, 2.45) is 0 Å². The van der Waals surface area contributed by atoms with Gasteiger partial charge in [0.15, 0.2) is 0 Å². The van der Waals surface area contributed by atoms with Gasteiger partial charge in [-0.1, -0.05) is 30.3 Å². The number of hydrogen-bond donors (Lipinski definition) is 0. The highest BCUT2D eigenvalue weighted by Gasteiger charge is 2.05. The minimum absolute atomic E-state index is 0.599. The van der Waals surface area contributed by atoms with Gasteiger partial charge in [-0.2, -0.15) is 0 Å². The fourth-order valence-corrected chi connectivity index (χ4v) is 1.80. The molecule has 16 heavy (non-hydrogen) atoms. The Morgan fingerprint density at radius 3 is 2.88 bits per heavy atom. The van der Waals surface area contributed by atoms with E-state index in [4.69, 9.17) is 4.74 Å². The van der Waals surface area contributed by atoms with Gasteiger partial charge < -0.3 is 4.74 Å². The lowest BCUT2D eigenvalue weighted by Crippen LogP contribution is -1.99. The zero-order valence-electron chi connectivity index (χ0n) is 8.76. The molecule has 2 nitrogen and oxygen atoms in total. The van der Waals surface area contributed by atoms with Crippen molar-refractivity contribution in [1.82, 2.24) is 4.98 Å². The fourth-order valence-electron chi connectivity index (χ4n) is 1.80. The summed E-state index contributed by atoms with van der Waals surface area (Å²) in [6.45, 7) is 0.599. The van der Waals surface area contributed by atoms with Crippen molar-refractivity contribution < 1.29 is 4.74 Å². The molecule has 1 aromatic carbocycles. The Morgan fingerprint density at radius 1 is 1.06 bits per heavy atom. The van der Waals surface area contributed by atoms with Crippen molar-refractivity contribution in [3.8, 4) is 0 Å². The van der Waals surface area contributed by atoms with Crippen molar-refractivity contribution in [1.29, 1.82) is 0 Å². The number of rotatable bonds is 1. The van der Waals surface area contributed by atoms with Crippen LogP contribution in [-0.2, 0) is 4.74 Å². The number of hydrogen-bond acceptors (Lipinski definition) is 2. The van der Waals surface area contributed by atoms with E-state index in [2.05, 4.69) is 17.1 Å². The quantitative estimate of drug-likeness (QED) is 0.719. The molecule has 1 aromatic heterocycles. The van der Waals surface area contributed by atoms with Crippen LogP contribution in [0, 0.1) is 0 Å². The van der Waals surface area contributed by atoms with Gasteiger partial charge in [0.2, 0.25) is 0 Å². The van der Waals surface area contributed by atoms with E-state index in [1.54, 1.807) is 6.26 Å². The lowest BCUT2D eigenvalue weighted by atomic mass is 10.1. The van der Waals surface area contributed by atoms with Gasteiger partial charge in [0.25, 0.3) is 0 Å². The van der Waals surface area contributed by atoms with E-state index in [0.29, 0.717) is 6.61 Å². The normalized spacial score (nSPS) is 14.6. The minimum Gasteiger partial charge on any atom is -0.496 e. The number of pyridine rings is 1. The maximum atomic E-state index is 5.26. The molecule has 2 aromatic rings. The van der Waals surface area contributed by atoms with Gasteiger partial charge in [-0.25, -0.2) is 4.98 Å². The van der Waals surface area contributed by atoms with Gasteiger partial charge in [-0.3, -0.25) is 0 Å². The van der Waals surface area contributed by atoms with Gasteiger partial charge >= 0.3 is 0 Å². The number of fused-ring (bicyclic) bond motifs is 1. The van der Waals surface area contributed by atoms with Gasteiger partial charge in [0.05, 0.1) is 17.5 Å². The van der Waals surface area contributed by atoms with E-state index in [0.717, 1.165) is 16.8 Å². The molecule has 0 aliphatic carbocycles. The van der Waals surface area contributed by atoms with Gasteiger partial charge in [-0.15, -0.1) is 0 Å². The molecule has 2 heteroatoms. The number of benzene rings is 1. The molecule has 0 atom stereocenters. The molecule has 3 rings (SSSR count). The molecule has 0 saturated carbocycles. The summed E-state index contributed by atoms with van der Waals surface area (Å²) < 4.78 is 5.26. The molecule has 1 aliphatic heterocycles. The van der Waals surface area contributed by atoms with Crippen molar-refractivity contribution in [2.45, 2.75) is 0 Å². The van der Waals surface area contributed by atoms with Crippen LogP contribution in [0.4, 0.5) is 0 Å². The summed E-state index contributed by atoms with van der Waals surface area (Å²) in [4.78, 5) is 4.62. The van der Waals surface area contributed by atoms with Crippen LogP contribution in [0.5, 0.6) is 0 Å². The van der Waals surface area contributed by atoms with Crippen LogP contribution < -0.4 is 0 Å². The molecule has 0 N–H and O–H groups in total. The van der Waals surface area contributed by atoms with Gasteiger partial charge in [0.1, 0.15) is 6.61 Å². The summed E-state index contributed by atoms with van der Waals surface area (Å²) in [6, 6.07) is 12.3. The maximum Gasteiger partial charge on any atom is 0.114 e. The molecule has 0 radical (unpaired) electrons. The average molecular weight is 209 g/mol. The Hall–Kier alpha value is -2.09. The summed E-state index contributed by atoms with van der Waals surface area (Å²) in [6.07, 6.45) is 5.64. The van der Waals surface area contributed by atoms with Gasteiger partial charge in [-0.05, 0) is 18.2 Å². The first-order valence-electron chi connectivity index (χ1n) is 5.27. The summed E-state index contributed by atoms with van der Waals surface area (Å²) in [5.41, 5.74) is 3.13. The van der Waals surface area contributed by atoms with Crippen LogP contribution >= 0.6 is 0 Å². The Labute approximate surface area is 93.9 Å². The topological polar surface area (TPSA) is 22.1 Å². The molecule has 2 heterocycles. The monoisotopic (exact) mass is 209 g/mol. The van der Waals surface area contributed by atoms with Crippen LogP contribution in [0.2, 0.25) is 0 Å². The number of allylic oxidation sites excluding steroid dienone is 2. The average Bonchev–Trinajstić information content (AvgIpc) is 2.39. The van der Waals surface area contributed by atoms with Crippen molar-refractivity contribution >= 4 is 16.5 Å². The zero-order valence-corrected chi connectivity index (χ0v) is 8.76. The van der Waals surface area contributed by atoms with E-state index in [1.165, 1.54) is 5.39 Å². The molecule has 0 bridgehead atoms. The summed E-state index contributed by atoms with van der Waals surface area (Å²) >= 11 is 0. The Bertz CT molecular complexity index is 584. The fraction of sp³-hybridized carbons (Fsp3) is 0.0714. The first kappa shape index (κ1) is 9.16. The highest BCUT2D eigenvalue weighted by Crippen LogP contribution is 2.19. The van der Waals surface area contributed by atoms with Crippen molar-refractivity contribution in [3.05, 3.63) is 60.5 Å². The standard InChI is InChI=1S/C14H11NO/c1-2-6-13-11(4-1)7-8-14(15-13)12-5-3-9-16-10-12/h1-9H,10H2. The molecule has 0 unspecified atom stereocenters. The molecule has 0 fully saturated rings.